The Morgan fingerprint density at radius 2 is 2.04 bits per heavy atom. The molecule has 0 atom stereocenters. The van der Waals surface area contributed by atoms with Crippen molar-refractivity contribution in [2.75, 3.05) is 27.2 Å². The van der Waals surface area contributed by atoms with Gasteiger partial charge in [0.05, 0.1) is 18.5 Å². The molecule has 0 radical (unpaired) electrons. The summed E-state index contributed by atoms with van der Waals surface area (Å²) in [5, 5.41) is 8.65. The van der Waals surface area contributed by atoms with Gasteiger partial charge in [-0.05, 0) is 33.4 Å². The molecule has 0 spiro atoms. The van der Waals surface area contributed by atoms with Crippen LogP contribution in [-0.4, -0.2) is 53.1 Å². The summed E-state index contributed by atoms with van der Waals surface area (Å²) >= 11 is 1.23. The van der Waals surface area contributed by atoms with Crippen molar-refractivity contribution in [1.82, 2.24) is 19.9 Å². The first-order chi connectivity index (χ1) is 11.2. The molecule has 7 nitrogen and oxygen atoms in total. The number of fused-ring (bicyclic) bond motifs is 1. The van der Waals surface area contributed by atoms with E-state index in [0.717, 1.165) is 11.4 Å². The van der Waals surface area contributed by atoms with Crippen LogP contribution in [0.3, 0.4) is 0 Å². The minimum Gasteiger partial charge on any atom is -0.462 e. The van der Waals surface area contributed by atoms with Gasteiger partial charge in [0.15, 0.2) is 0 Å². The second-order valence-corrected chi connectivity index (χ2v) is 8.11. The maximum absolute atomic E-state index is 12.8. The summed E-state index contributed by atoms with van der Waals surface area (Å²) in [4.78, 5) is 28.0. The molecule has 0 saturated carbocycles. The molecule has 2 aromatic rings. The monoisotopic (exact) mass is 352 g/mol. The lowest BCUT2D eigenvalue weighted by atomic mass is 9.93. The van der Waals surface area contributed by atoms with Gasteiger partial charge >= 0.3 is 5.97 Å². The largest absolute Gasteiger partial charge is 0.462 e. The molecule has 0 aliphatic heterocycles. The van der Waals surface area contributed by atoms with Crippen LogP contribution in [0.1, 0.15) is 35.3 Å². The Balaban J connectivity index is 2.47. The Hall–Kier alpha value is -1.80. The molecule has 0 aromatic carbocycles. The Morgan fingerprint density at radius 3 is 2.62 bits per heavy atom. The quantitative estimate of drug-likeness (QED) is 0.739. The van der Waals surface area contributed by atoms with Crippen LogP contribution in [0.2, 0.25) is 0 Å². The van der Waals surface area contributed by atoms with E-state index < -0.39 is 5.97 Å². The molecule has 0 amide bonds. The van der Waals surface area contributed by atoms with E-state index in [0.29, 0.717) is 22.3 Å². The fourth-order valence-electron chi connectivity index (χ4n) is 2.90. The lowest BCUT2D eigenvalue weighted by Crippen LogP contribution is -2.37. The number of aryl methyl sites for hydroxylation is 1. The van der Waals surface area contributed by atoms with Gasteiger partial charge in [-0.1, -0.05) is 19.1 Å². The summed E-state index contributed by atoms with van der Waals surface area (Å²) in [5.41, 5.74) is -0.0115. The van der Waals surface area contributed by atoms with Crippen molar-refractivity contribution >= 4 is 28.2 Å². The predicted molar refractivity (Wildman–Crippen MR) is 94.7 cm³/mol. The smallest absolute Gasteiger partial charge is 0.350 e. The second-order valence-electron chi connectivity index (χ2n) is 6.89. The molecule has 2 aromatic heterocycles. The standard InChI is InChI=1S/C16H24N4O3S/c1-7-23-15(22)13-12-11(10(2)24-13)14(21)20(18-17-12)9-16(3,4)8-19(5)6/h7-9H2,1-6H3. The van der Waals surface area contributed by atoms with Crippen molar-refractivity contribution in [2.45, 2.75) is 34.2 Å². The average Bonchev–Trinajstić information content (AvgIpc) is 2.78. The van der Waals surface area contributed by atoms with E-state index in [2.05, 4.69) is 29.1 Å². The van der Waals surface area contributed by atoms with Crippen molar-refractivity contribution in [2.24, 2.45) is 5.41 Å². The lowest BCUT2D eigenvalue weighted by molar-refractivity contribution is 0.0534. The van der Waals surface area contributed by atoms with Crippen LogP contribution in [0.5, 0.6) is 0 Å². The maximum atomic E-state index is 12.8. The van der Waals surface area contributed by atoms with E-state index >= 15 is 0 Å². The Labute approximate surface area is 145 Å². The first kappa shape index (κ1) is 18.5. The molecular formula is C16H24N4O3S. The van der Waals surface area contributed by atoms with Crippen molar-refractivity contribution in [3.63, 3.8) is 0 Å². The third-order valence-electron chi connectivity index (χ3n) is 3.54. The SMILES string of the molecule is CCOC(=O)c1sc(C)c2c(=O)n(CC(C)(C)CN(C)C)nnc12. The van der Waals surface area contributed by atoms with Crippen LogP contribution in [0.15, 0.2) is 4.79 Å². The van der Waals surface area contributed by atoms with Gasteiger partial charge in [0.1, 0.15) is 10.4 Å². The van der Waals surface area contributed by atoms with Gasteiger partial charge in [-0.3, -0.25) is 4.79 Å². The molecule has 0 aliphatic rings. The maximum Gasteiger partial charge on any atom is 0.350 e. The number of hydrogen-bond acceptors (Lipinski definition) is 7. The minimum absolute atomic E-state index is 0.135. The topological polar surface area (TPSA) is 77.3 Å². The summed E-state index contributed by atoms with van der Waals surface area (Å²) in [6.07, 6.45) is 0. The third-order valence-corrected chi connectivity index (χ3v) is 4.62. The predicted octanol–water partition coefficient (Wildman–Crippen LogP) is 1.93. The molecule has 8 heteroatoms. The molecule has 2 rings (SSSR count). The molecule has 24 heavy (non-hydrogen) atoms. The molecule has 0 fully saturated rings. The number of esters is 1. The summed E-state index contributed by atoms with van der Waals surface area (Å²) in [7, 11) is 3.99. The van der Waals surface area contributed by atoms with Crippen molar-refractivity contribution in [1.29, 1.82) is 0 Å². The number of hydrogen-bond donors (Lipinski definition) is 0. The van der Waals surface area contributed by atoms with Crippen molar-refractivity contribution < 1.29 is 9.53 Å². The van der Waals surface area contributed by atoms with Crippen LogP contribution in [0, 0.1) is 12.3 Å². The number of aromatic nitrogens is 3. The first-order valence-corrected chi connectivity index (χ1v) is 8.66. The van der Waals surface area contributed by atoms with Crippen LogP contribution < -0.4 is 5.56 Å². The van der Waals surface area contributed by atoms with Gasteiger partial charge in [-0.2, -0.15) is 0 Å². The van der Waals surface area contributed by atoms with Crippen molar-refractivity contribution in [3.8, 4) is 0 Å². The number of thiophene rings is 1. The number of carbonyl (C=O) groups excluding carboxylic acids is 1. The zero-order valence-corrected chi connectivity index (χ0v) is 15.9. The van der Waals surface area contributed by atoms with Gasteiger partial charge in [-0.15, -0.1) is 16.4 Å². The number of ether oxygens (including phenoxy) is 1. The molecule has 0 N–H and O–H groups in total. The molecule has 132 valence electrons. The fraction of sp³-hybridized carbons (Fsp3) is 0.625. The highest BCUT2D eigenvalue weighted by Gasteiger charge is 2.25. The number of rotatable bonds is 6. The van der Waals surface area contributed by atoms with Crippen LogP contribution in [0.4, 0.5) is 0 Å². The average molecular weight is 352 g/mol. The van der Waals surface area contributed by atoms with Crippen LogP contribution in [0.25, 0.3) is 10.9 Å². The van der Waals surface area contributed by atoms with Crippen LogP contribution in [-0.2, 0) is 11.3 Å². The van der Waals surface area contributed by atoms with E-state index in [1.54, 1.807) is 6.92 Å². The fourth-order valence-corrected chi connectivity index (χ4v) is 3.87. The van der Waals surface area contributed by atoms with E-state index in [9.17, 15) is 9.59 Å². The lowest BCUT2D eigenvalue weighted by Gasteiger charge is -2.27. The molecule has 0 bridgehead atoms. The summed E-state index contributed by atoms with van der Waals surface area (Å²) in [6, 6.07) is 0. The minimum atomic E-state index is -0.458. The van der Waals surface area contributed by atoms with Gasteiger partial charge in [0.25, 0.3) is 5.56 Å². The summed E-state index contributed by atoms with van der Waals surface area (Å²) in [6.45, 7) is 9.26. The zero-order chi connectivity index (χ0) is 18.1. The molecule has 0 saturated heterocycles. The number of carbonyl (C=O) groups is 1. The van der Waals surface area contributed by atoms with Gasteiger partial charge in [0, 0.05) is 11.4 Å². The van der Waals surface area contributed by atoms with Crippen molar-refractivity contribution in [3.05, 3.63) is 20.1 Å². The van der Waals surface area contributed by atoms with Gasteiger partial charge in [-0.25, -0.2) is 9.48 Å². The Kier molecular flexibility index (Phi) is 5.39. The highest BCUT2D eigenvalue weighted by Crippen LogP contribution is 2.27. The molecular weight excluding hydrogens is 328 g/mol. The summed E-state index contributed by atoms with van der Waals surface area (Å²) < 4.78 is 6.42. The normalized spacial score (nSPS) is 12.1. The zero-order valence-electron chi connectivity index (χ0n) is 15.0. The highest BCUT2D eigenvalue weighted by atomic mass is 32.1. The Morgan fingerprint density at radius 1 is 1.38 bits per heavy atom. The van der Waals surface area contributed by atoms with Gasteiger partial charge < -0.3 is 9.64 Å². The van der Waals surface area contributed by atoms with E-state index in [1.807, 2.05) is 21.0 Å². The molecule has 2 heterocycles. The third kappa shape index (κ3) is 3.81. The van der Waals surface area contributed by atoms with Gasteiger partial charge in [0.2, 0.25) is 0 Å². The molecule has 0 aliphatic carbocycles. The first-order valence-electron chi connectivity index (χ1n) is 7.85. The number of nitrogens with zero attached hydrogens (tertiary/aromatic N) is 4. The summed E-state index contributed by atoms with van der Waals surface area (Å²) in [5.74, 6) is -0.458. The Bertz CT molecular complexity index is 807. The van der Waals surface area contributed by atoms with E-state index in [4.69, 9.17) is 4.74 Å². The molecule has 0 unspecified atom stereocenters. The van der Waals surface area contributed by atoms with Crippen LogP contribution >= 0.6 is 11.3 Å². The highest BCUT2D eigenvalue weighted by molar-refractivity contribution is 7.15. The second kappa shape index (κ2) is 6.98. The van der Waals surface area contributed by atoms with E-state index in [-0.39, 0.29) is 17.6 Å². The van der Waals surface area contributed by atoms with E-state index in [1.165, 1.54) is 16.0 Å².